The molecule has 78 heavy (non-hydrogen) atoms. The van der Waals surface area contributed by atoms with E-state index in [1.165, 1.54) is 0 Å². The van der Waals surface area contributed by atoms with Gasteiger partial charge in [-0.05, 0) is 78.0 Å². The molecule has 0 saturated carbocycles. The van der Waals surface area contributed by atoms with E-state index in [-0.39, 0.29) is 153 Å². The Kier molecular flexibility index (Phi) is 26.1. The van der Waals surface area contributed by atoms with Crippen molar-refractivity contribution in [3.05, 3.63) is 113 Å². The minimum Gasteiger partial charge on any atom is -0.870 e. The van der Waals surface area contributed by atoms with Gasteiger partial charge in [0.25, 0.3) is 0 Å². The molecule has 39 heteroatoms. The largest absolute Gasteiger partial charge is 1.00 e. The number of H-pyrrole nitrogens is 3. The number of aromatic amines is 3. The van der Waals surface area contributed by atoms with Crippen molar-refractivity contribution in [1.82, 2.24) is 15.0 Å². The van der Waals surface area contributed by atoms with Crippen LogP contribution in [-0.4, -0.2) is 108 Å². The predicted molar refractivity (Wildman–Crippen MR) is 253 cm³/mol. The van der Waals surface area contributed by atoms with Gasteiger partial charge in [-0.15, -0.1) is 15.3 Å². The minimum absolute atomic E-state index is 0. The molecule has 0 radical (unpaired) electrons. The Bertz CT molecular complexity index is 4260. The molecule has 0 atom stereocenters. The first-order chi connectivity index (χ1) is 34.4. The summed E-state index contributed by atoms with van der Waals surface area (Å²) in [4.78, 5) is 17.2. The maximum atomic E-state index is 14.1. The van der Waals surface area contributed by atoms with Gasteiger partial charge in [0.05, 0.1) is 72.7 Å². The van der Waals surface area contributed by atoms with Crippen LogP contribution in [0.25, 0.3) is 10.8 Å². The molecule has 0 fully saturated rings. The summed E-state index contributed by atoms with van der Waals surface area (Å²) in [6, 6.07) is 14.4. The van der Waals surface area contributed by atoms with E-state index in [1.54, 1.807) is 18.2 Å². The number of nitrogens with one attached hydrogen (secondary N) is 3. The first-order valence-corrected chi connectivity index (χ1v) is 29.2. The number of fused-ring (bicyclic) bond motifs is 1. The molecule has 0 amide bonds. The van der Waals surface area contributed by atoms with Gasteiger partial charge in [0.1, 0.15) is 41.7 Å². The fourth-order valence-electron chi connectivity index (χ4n) is 6.40. The number of azo groups is 2. The van der Waals surface area contributed by atoms with Crippen molar-refractivity contribution in [3.8, 4) is 5.75 Å². The molecule has 6 N–H and O–H groups in total. The van der Waals surface area contributed by atoms with Crippen LogP contribution in [0, 0.1) is 0 Å². The number of benzene rings is 5. The molecule has 0 aliphatic carbocycles. The first-order valence-electron chi connectivity index (χ1n) is 20.2. The summed E-state index contributed by atoms with van der Waals surface area (Å²) in [6.45, 7) is 3.91. The number of hydrogen-bond donors (Lipinski definition) is 5. The normalized spacial score (nSPS) is 13.2. The maximum absolute atomic E-state index is 14.1. The van der Waals surface area contributed by atoms with E-state index in [0.717, 1.165) is 53.4 Å². The molecule has 6 rings (SSSR count). The molecular formula is C39H35N11Na4O18S6. The van der Waals surface area contributed by atoms with Gasteiger partial charge >= 0.3 is 129 Å². The van der Waals surface area contributed by atoms with Crippen molar-refractivity contribution in [2.45, 2.75) is 32.9 Å². The Hall–Kier alpha value is -3.19. The number of nitrogens with zero attached hydrogens (tertiary/aromatic N) is 7. The maximum Gasteiger partial charge on any atom is 1.00 e. The molecule has 5 aromatic carbocycles. The van der Waals surface area contributed by atoms with E-state index in [4.69, 9.17) is 10.3 Å². The van der Waals surface area contributed by atoms with Gasteiger partial charge in [-0.3, -0.25) is 24.5 Å². The smallest absolute Gasteiger partial charge is 0.870 e. The third-order valence-corrected chi connectivity index (χ3v) is 15.8. The van der Waals surface area contributed by atoms with Crippen molar-refractivity contribution < 1.29 is 196 Å². The number of hydrogen-bond acceptors (Lipinski definition) is 25. The average Bonchev–Trinajstić information content (AvgIpc) is 3.29. The third-order valence-electron chi connectivity index (χ3n) is 9.80. The molecule has 29 nitrogen and oxygen atoms in total. The van der Waals surface area contributed by atoms with E-state index >= 15 is 0 Å². The van der Waals surface area contributed by atoms with E-state index in [9.17, 15) is 69.3 Å². The van der Waals surface area contributed by atoms with Crippen LogP contribution in [0.1, 0.15) is 12.5 Å². The number of aryl methyl sites for hydroxylation is 1. The van der Waals surface area contributed by atoms with Crippen LogP contribution < -0.4 is 146 Å². The van der Waals surface area contributed by atoms with Gasteiger partial charge in [-0.2, -0.15) is 13.5 Å². The summed E-state index contributed by atoms with van der Waals surface area (Å²) >= 11 is 0. The van der Waals surface area contributed by atoms with Gasteiger partial charge in [0.15, 0.2) is 19.7 Å². The van der Waals surface area contributed by atoms with Gasteiger partial charge < -0.3 is 24.5 Å². The Balaban J connectivity index is 0.00000520. The second-order valence-corrected chi connectivity index (χ2v) is 24.1. The number of para-hydroxylation sites is 1. The fourth-order valence-corrected chi connectivity index (χ4v) is 10.3. The molecule has 0 saturated heterocycles. The zero-order valence-electron chi connectivity index (χ0n) is 41.4. The summed E-state index contributed by atoms with van der Waals surface area (Å²) in [7, 11) is -29.8. The van der Waals surface area contributed by atoms with Crippen molar-refractivity contribution in [2.24, 2.45) is 35.4 Å². The summed E-state index contributed by atoms with van der Waals surface area (Å²) in [5, 5.41) is 27.9. The molecule has 0 aliphatic rings. The second-order valence-electron chi connectivity index (χ2n) is 14.8. The fraction of sp³-hybridized carbons (Fsp3) is 0.154. The molecule has 6 aromatic rings. The molecule has 1 heterocycles. The zero-order chi connectivity index (χ0) is 54.6. The van der Waals surface area contributed by atoms with Crippen LogP contribution in [-0.2, 0) is 71.0 Å². The van der Waals surface area contributed by atoms with Crippen molar-refractivity contribution in [1.29, 1.82) is 0 Å². The molecular weight excluding hydrogens is 1190 g/mol. The number of rotatable bonds is 19. The van der Waals surface area contributed by atoms with Crippen LogP contribution in [0.5, 0.6) is 5.75 Å². The molecule has 394 valence electrons. The minimum atomic E-state index is -5.80. The average molecular weight is 1230 g/mol. The Morgan fingerprint density at radius 3 is 1.74 bits per heavy atom. The summed E-state index contributed by atoms with van der Waals surface area (Å²) < 4.78 is 196. The van der Waals surface area contributed by atoms with Crippen molar-refractivity contribution >= 4 is 111 Å². The Labute approximate surface area is 533 Å². The van der Waals surface area contributed by atoms with Gasteiger partial charge in [-0.1, -0.05) is 37.5 Å². The SMILES string of the molecule is C=CS(=O)(=O)CCN=c1[nH]c(=Nc2ccc(S(=O)(=O)[O-])c(N=Nc3c(S(=O)(=O)[O-])cc4cc(S(=O)(=O)[O-])c(N=Nc5ccc(S(=O)(=O)CCOS(=O)(=O)O)cc5)c(N)c4c3[O-])c2)[nH]c(=Nc2ccccc2CC)[nH]1.[Na+].[Na+].[Na+].[Na+]. The predicted octanol–water partition coefficient (Wildman–Crippen LogP) is -9.88. The monoisotopic (exact) mass is 1230 g/mol. The van der Waals surface area contributed by atoms with Gasteiger partial charge in [-0.25, -0.2) is 56.3 Å². The van der Waals surface area contributed by atoms with Crippen LogP contribution in [0.15, 0.2) is 146 Å². The molecule has 1 aromatic heterocycles. The van der Waals surface area contributed by atoms with Crippen LogP contribution >= 0.6 is 0 Å². The summed E-state index contributed by atoms with van der Waals surface area (Å²) in [6.07, 6.45) is 0.573. The quantitative estimate of drug-likeness (QED) is 0.0218. The molecule has 0 spiro atoms. The van der Waals surface area contributed by atoms with Crippen molar-refractivity contribution in [2.75, 3.05) is 30.4 Å². The summed E-state index contributed by atoms with van der Waals surface area (Å²) in [5.74, 6) is -2.94. The number of aromatic nitrogens is 3. The van der Waals surface area contributed by atoms with E-state index in [0.29, 0.717) is 24.2 Å². The zero-order valence-corrected chi connectivity index (χ0v) is 54.3. The topological polar surface area (TPSA) is 486 Å². The third kappa shape index (κ3) is 18.9. The van der Waals surface area contributed by atoms with Crippen LogP contribution in [0.2, 0.25) is 0 Å². The standard InChI is InChI=1S/C39H39N11O18S6.4Na/c1-3-22-7-5-6-8-27(22)43-39-45-37(41-15-17-69(52,53)4-2)44-38(46-39)42-25-11-14-29(71(56,57)58)28(21-25)48-50-35-31(73(62,63)64)20-23-19-30(72(59,60)61)34(33(40)32(23)36(35)51)49-47-24-9-12-26(13-10-24)70(54,55)18-16-68-74(65,66)67;;;;/h4-14,19-21,51H,2-3,15-18,40H2,1H3,(H,56,57,58)(H,59,60,61)(H,62,63,64)(H,65,66,67)(H3,41,42,43,44,45,46);;;;/q;4*+1/p-4. The van der Waals surface area contributed by atoms with E-state index in [2.05, 4.69) is 61.1 Å². The Morgan fingerprint density at radius 2 is 1.18 bits per heavy atom. The van der Waals surface area contributed by atoms with Crippen molar-refractivity contribution in [3.63, 3.8) is 0 Å². The van der Waals surface area contributed by atoms with Crippen LogP contribution in [0.4, 0.5) is 39.8 Å². The number of anilines is 1. The van der Waals surface area contributed by atoms with Crippen LogP contribution in [0.3, 0.4) is 0 Å². The van der Waals surface area contributed by atoms with Gasteiger partial charge in [0, 0.05) is 10.8 Å². The second kappa shape index (κ2) is 28.7. The van der Waals surface area contributed by atoms with Gasteiger partial charge in [0.2, 0.25) is 16.9 Å². The summed E-state index contributed by atoms with van der Waals surface area (Å²) in [5.41, 5.74) is 2.55. The number of sulfone groups is 2. The number of nitrogen functional groups attached to an aromatic ring is 1. The molecule has 0 aliphatic heterocycles. The number of nitrogens with two attached hydrogens (primary N) is 1. The Morgan fingerprint density at radius 1 is 0.641 bits per heavy atom. The van der Waals surface area contributed by atoms with E-state index in [1.807, 2.05) is 13.0 Å². The molecule has 0 unspecified atom stereocenters. The first kappa shape index (κ1) is 70.9. The molecule has 0 bridgehead atoms. The van der Waals surface area contributed by atoms with E-state index < -0.39 is 137 Å².